The molecule has 100 valence electrons. The molecule has 0 radical (unpaired) electrons. The lowest BCUT2D eigenvalue weighted by Gasteiger charge is -2.32. The van der Waals surface area contributed by atoms with Crippen LogP contribution < -0.4 is 11.3 Å². The topological polar surface area (TPSA) is 38.0 Å². The number of hydrogen-bond donors (Lipinski definition) is 2. The summed E-state index contributed by atoms with van der Waals surface area (Å²) >= 11 is 0. The number of rotatable bonds is 7. The third kappa shape index (κ3) is 3.97. The maximum Gasteiger partial charge on any atom is 0.0318 e. The third-order valence-electron chi connectivity index (χ3n) is 3.66. The van der Waals surface area contributed by atoms with Gasteiger partial charge in [0.05, 0.1) is 0 Å². The summed E-state index contributed by atoms with van der Waals surface area (Å²) in [4.78, 5) is 0. The number of hydrogen-bond acceptors (Lipinski definition) is 2. The van der Waals surface area contributed by atoms with E-state index in [9.17, 15) is 0 Å². The fraction of sp³-hybridized carbons (Fsp3) is 0.500. The zero-order valence-corrected chi connectivity index (χ0v) is 11.8. The molecule has 0 aliphatic carbocycles. The summed E-state index contributed by atoms with van der Waals surface area (Å²) in [5.41, 5.74) is 5.51. The average molecular weight is 246 g/mol. The highest BCUT2D eigenvalue weighted by molar-refractivity contribution is 5.23. The Bertz CT molecular complexity index is 359. The fourth-order valence-electron chi connectivity index (χ4n) is 2.55. The molecule has 18 heavy (non-hydrogen) atoms. The van der Waals surface area contributed by atoms with Gasteiger partial charge in [0.15, 0.2) is 0 Å². The van der Waals surface area contributed by atoms with E-state index in [4.69, 9.17) is 5.84 Å². The molecule has 1 aromatic rings. The second kappa shape index (κ2) is 7.34. The minimum absolute atomic E-state index is 0.250. The summed E-state index contributed by atoms with van der Waals surface area (Å²) in [7, 11) is 0. The highest BCUT2D eigenvalue weighted by atomic mass is 15.2. The van der Waals surface area contributed by atoms with Gasteiger partial charge in [0, 0.05) is 12.0 Å². The average Bonchev–Trinajstić information content (AvgIpc) is 2.38. The maximum atomic E-state index is 5.76. The molecule has 1 aromatic carbocycles. The van der Waals surface area contributed by atoms with Gasteiger partial charge in [-0.05, 0) is 24.8 Å². The zero-order chi connectivity index (χ0) is 13.5. The van der Waals surface area contributed by atoms with Crippen molar-refractivity contribution in [2.45, 2.75) is 45.6 Å². The minimum Gasteiger partial charge on any atom is -0.271 e. The predicted octanol–water partition coefficient (Wildman–Crippen LogP) is 3.61. The van der Waals surface area contributed by atoms with Crippen molar-refractivity contribution in [3.63, 3.8) is 0 Å². The lowest BCUT2D eigenvalue weighted by atomic mass is 9.78. The Labute approximate surface area is 111 Å². The Morgan fingerprint density at radius 1 is 1.33 bits per heavy atom. The molecule has 0 aromatic heterocycles. The molecule has 3 atom stereocenters. The summed E-state index contributed by atoms with van der Waals surface area (Å²) < 4.78 is 0. The highest BCUT2D eigenvalue weighted by Gasteiger charge is 2.26. The van der Waals surface area contributed by atoms with E-state index >= 15 is 0 Å². The molecule has 2 nitrogen and oxygen atoms in total. The first-order valence-corrected chi connectivity index (χ1v) is 6.75. The standard InChI is InChI=1S/C16H26N2/c1-5-13(4)16(14-9-7-6-8-10-14)15(18-17)11-12(2)3/h6-10,13,15-16,18H,2,5,11,17H2,1,3-4H3. The molecular formula is C16H26N2. The number of nitrogens with two attached hydrogens (primary N) is 1. The molecule has 0 saturated carbocycles. The van der Waals surface area contributed by atoms with E-state index in [1.807, 2.05) is 0 Å². The summed E-state index contributed by atoms with van der Waals surface area (Å²) in [5, 5.41) is 0. The molecule has 1 rings (SSSR count). The molecule has 0 fully saturated rings. The van der Waals surface area contributed by atoms with E-state index in [-0.39, 0.29) is 6.04 Å². The molecule has 3 N–H and O–H groups in total. The molecular weight excluding hydrogens is 220 g/mol. The summed E-state index contributed by atoms with van der Waals surface area (Å²) in [6, 6.07) is 10.9. The lowest BCUT2D eigenvalue weighted by Crippen LogP contribution is -2.42. The lowest BCUT2D eigenvalue weighted by molar-refractivity contribution is 0.335. The molecule has 0 aliphatic heterocycles. The van der Waals surface area contributed by atoms with Crippen LogP contribution in [0.15, 0.2) is 42.5 Å². The number of nitrogens with one attached hydrogen (secondary N) is 1. The van der Waals surface area contributed by atoms with Gasteiger partial charge in [0.25, 0.3) is 0 Å². The van der Waals surface area contributed by atoms with Crippen molar-refractivity contribution in [3.05, 3.63) is 48.0 Å². The van der Waals surface area contributed by atoms with Crippen molar-refractivity contribution < 1.29 is 0 Å². The van der Waals surface area contributed by atoms with Crippen molar-refractivity contribution in [1.82, 2.24) is 5.43 Å². The first-order valence-electron chi connectivity index (χ1n) is 6.75. The van der Waals surface area contributed by atoms with Crippen molar-refractivity contribution in [3.8, 4) is 0 Å². The van der Waals surface area contributed by atoms with Crippen LogP contribution in [0.1, 0.15) is 45.1 Å². The van der Waals surface area contributed by atoms with E-state index in [0.717, 1.165) is 12.8 Å². The molecule has 2 heteroatoms. The van der Waals surface area contributed by atoms with Crippen LogP contribution in [0.4, 0.5) is 0 Å². The van der Waals surface area contributed by atoms with E-state index in [0.29, 0.717) is 11.8 Å². The SMILES string of the molecule is C=C(C)CC(NN)C(c1ccccc1)C(C)CC. The molecule has 3 unspecified atom stereocenters. The highest BCUT2D eigenvalue weighted by Crippen LogP contribution is 2.32. The molecule has 0 bridgehead atoms. The van der Waals surface area contributed by atoms with Gasteiger partial charge < -0.3 is 0 Å². The van der Waals surface area contributed by atoms with Crippen LogP contribution in [-0.2, 0) is 0 Å². The van der Waals surface area contributed by atoms with Crippen molar-refractivity contribution >= 4 is 0 Å². The van der Waals surface area contributed by atoms with E-state index in [2.05, 4.69) is 63.1 Å². The van der Waals surface area contributed by atoms with Gasteiger partial charge in [-0.15, -0.1) is 6.58 Å². The quantitative estimate of drug-likeness (QED) is 0.438. The van der Waals surface area contributed by atoms with Gasteiger partial charge >= 0.3 is 0 Å². The van der Waals surface area contributed by atoms with Gasteiger partial charge in [0.2, 0.25) is 0 Å². The molecule has 0 aliphatic rings. The monoisotopic (exact) mass is 246 g/mol. The minimum atomic E-state index is 0.250. The Morgan fingerprint density at radius 3 is 2.39 bits per heavy atom. The molecule has 0 spiro atoms. The fourth-order valence-corrected chi connectivity index (χ4v) is 2.55. The van der Waals surface area contributed by atoms with Gasteiger partial charge in [0.1, 0.15) is 0 Å². The predicted molar refractivity (Wildman–Crippen MR) is 79.2 cm³/mol. The summed E-state index contributed by atoms with van der Waals surface area (Å²) in [6.07, 6.45) is 2.06. The normalized spacial score (nSPS) is 16.0. The van der Waals surface area contributed by atoms with Crippen LogP contribution >= 0.6 is 0 Å². The van der Waals surface area contributed by atoms with Gasteiger partial charge in [-0.1, -0.05) is 56.2 Å². The summed E-state index contributed by atoms with van der Waals surface area (Å²) in [6.45, 7) is 10.6. The second-order valence-corrected chi connectivity index (χ2v) is 5.26. The molecule has 0 amide bonds. The Hall–Kier alpha value is -1.12. The number of benzene rings is 1. The van der Waals surface area contributed by atoms with Gasteiger partial charge in [-0.25, -0.2) is 0 Å². The van der Waals surface area contributed by atoms with Crippen LogP contribution in [0.2, 0.25) is 0 Å². The van der Waals surface area contributed by atoms with Gasteiger partial charge in [-0.2, -0.15) is 0 Å². The first kappa shape index (κ1) is 14.9. The van der Waals surface area contributed by atoms with E-state index in [1.165, 1.54) is 11.1 Å². The third-order valence-corrected chi connectivity index (χ3v) is 3.66. The Morgan fingerprint density at radius 2 is 1.94 bits per heavy atom. The second-order valence-electron chi connectivity index (χ2n) is 5.26. The maximum absolute atomic E-state index is 5.76. The van der Waals surface area contributed by atoms with Crippen LogP contribution in [0.3, 0.4) is 0 Å². The van der Waals surface area contributed by atoms with Crippen molar-refractivity contribution in [2.75, 3.05) is 0 Å². The summed E-state index contributed by atoms with van der Waals surface area (Å²) in [5.74, 6) is 6.78. The van der Waals surface area contributed by atoms with Crippen LogP contribution in [0.5, 0.6) is 0 Å². The van der Waals surface area contributed by atoms with E-state index in [1.54, 1.807) is 0 Å². The Kier molecular flexibility index (Phi) is 6.10. The van der Waals surface area contributed by atoms with Gasteiger partial charge in [-0.3, -0.25) is 11.3 Å². The molecule has 0 saturated heterocycles. The smallest absolute Gasteiger partial charge is 0.0318 e. The van der Waals surface area contributed by atoms with Crippen LogP contribution in [0, 0.1) is 5.92 Å². The van der Waals surface area contributed by atoms with Crippen molar-refractivity contribution in [1.29, 1.82) is 0 Å². The van der Waals surface area contributed by atoms with Crippen molar-refractivity contribution in [2.24, 2.45) is 11.8 Å². The zero-order valence-electron chi connectivity index (χ0n) is 11.8. The number of hydrazine groups is 1. The molecule has 0 heterocycles. The van der Waals surface area contributed by atoms with E-state index < -0.39 is 0 Å². The first-order chi connectivity index (χ1) is 8.60. The Balaban J connectivity index is 3.00. The van der Waals surface area contributed by atoms with Crippen LogP contribution in [-0.4, -0.2) is 6.04 Å². The largest absolute Gasteiger partial charge is 0.271 e. The van der Waals surface area contributed by atoms with Crippen LogP contribution in [0.25, 0.3) is 0 Å².